The fraction of sp³-hybridized carbons (Fsp3) is 0.222. The van der Waals surface area contributed by atoms with Gasteiger partial charge in [0.15, 0.2) is 0 Å². The second-order valence-corrected chi connectivity index (χ2v) is 2.33. The van der Waals surface area contributed by atoms with E-state index in [0.29, 0.717) is 12.4 Å². The summed E-state index contributed by atoms with van der Waals surface area (Å²) >= 11 is 0. The molecule has 70 valence electrons. The van der Waals surface area contributed by atoms with E-state index < -0.39 is 5.97 Å². The zero-order valence-corrected chi connectivity index (χ0v) is 7.32. The summed E-state index contributed by atoms with van der Waals surface area (Å²) in [4.78, 5) is 10.9. The second kappa shape index (κ2) is 4.35. The molecule has 1 aromatic heterocycles. The largest absolute Gasteiger partial charge is 0.463 e. The van der Waals surface area contributed by atoms with Crippen LogP contribution in [0, 0.1) is 0 Å². The van der Waals surface area contributed by atoms with Gasteiger partial charge in [-0.15, -0.1) is 0 Å². The minimum absolute atomic E-state index is 0.267. The molecule has 0 aliphatic carbocycles. The van der Waals surface area contributed by atoms with Crippen LogP contribution >= 0.6 is 0 Å². The predicted molar refractivity (Wildman–Crippen MR) is 47.5 cm³/mol. The molecule has 0 atom stereocenters. The maximum Gasteiger partial charge on any atom is 0.332 e. The van der Waals surface area contributed by atoms with E-state index in [-0.39, 0.29) is 5.70 Å². The van der Waals surface area contributed by atoms with E-state index in [1.54, 1.807) is 19.1 Å². The second-order valence-electron chi connectivity index (χ2n) is 2.33. The first-order valence-corrected chi connectivity index (χ1v) is 3.92. The molecule has 4 heteroatoms. The molecule has 0 saturated carbocycles. The van der Waals surface area contributed by atoms with Crippen LogP contribution in [0.3, 0.4) is 0 Å². The van der Waals surface area contributed by atoms with Crippen molar-refractivity contribution in [2.45, 2.75) is 6.92 Å². The van der Waals surface area contributed by atoms with Gasteiger partial charge in [0.25, 0.3) is 0 Å². The van der Waals surface area contributed by atoms with Crippen molar-refractivity contribution < 1.29 is 13.9 Å². The van der Waals surface area contributed by atoms with Crippen molar-refractivity contribution in [1.82, 2.24) is 0 Å². The molecule has 13 heavy (non-hydrogen) atoms. The van der Waals surface area contributed by atoms with Gasteiger partial charge in [-0.05, 0) is 19.1 Å². The highest BCUT2D eigenvalue weighted by atomic mass is 16.5. The van der Waals surface area contributed by atoms with Crippen molar-refractivity contribution in [2.75, 3.05) is 6.61 Å². The average molecular weight is 181 g/mol. The van der Waals surface area contributed by atoms with Gasteiger partial charge in [-0.3, -0.25) is 0 Å². The third-order valence-electron chi connectivity index (χ3n) is 1.37. The first kappa shape index (κ1) is 9.38. The van der Waals surface area contributed by atoms with Crippen LogP contribution in [0.2, 0.25) is 0 Å². The van der Waals surface area contributed by atoms with Gasteiger partial charge in [0.1, 0.15) is 5.76 Å². The van der Waals surface area contributed by atoms with Gasteiger partial charge in [-0.25, -0.2) is 4.79 Å². The summed E-state index contributed by atoms with van der Waals surface area (Å²) in [5.41, 5.74) is 5.80. The van der Waals surface area contributed by atoms with Crippen molar-refractivity contribution in [1.29, 1.82) is 0 Å². The van der Waals surface area contributed by atoms with Gasteiger partial charge in [-0.2, -0.15) is 0 Å². The fourth-order valence-corrected chi connectivity index (χ4v) is 0.825. The predicted octanol–water partition coefficient (Wildman–Crippen LogP) is 1.14. The molecule has 0 unspecified atom stereocenters. The Kier molecular flexibility index (Phi) is 3.14. The molecule has 0 fully saturated rings. The summed E-state index contributed by atoms with van der Waals surface area (Å²) in [5, 5.41) is 0. The van der Waals surface area contributed by atoms with E-state index in [0.717, 1.165) is 0 Å². The minimum atomic E-state index is -0.462. The monoisotopic (exact) mass is 181 g/mol. The van der Waals surface area contributed by atoms with Gasteiger partial charge in [0.05, 0.1) is 24.6 Å². The number of rotatable bonds is 3. The molecule has 1 heterocycles. The van der Waals surface area contributed by atoms with Crippen LogP contribution in [0.5, 0.6) is 0 Å². The van der Waals surface area contributed by atoms with Gasteiger partial charge in [-0.1, -0.05) is 0 Å². The van der Waals surface area contributed by atoms with Crippen molar-refractivity contribution in [3.8, 4) is 0 Å². The summed E-state index contributed by atoms with van der Waals surface area (Å²) in [6, 6.07) is 3.37. The molecule has 0 aliphatic rings. The van der Waals surface area contributed by atoms with Gasteiger partial charge in [0.2, 0.25) is 0 Å². The number of hydrogen-bond donors (Lipinski definition) is 1. The molecule has 0 radical (unpaired) electrons. The van der Waals surface area contributed by atoms with Crippen molar-refractivity contribution in [3.05, 3.63) is 30.2 Å². The standard InChI is InChI=1S/C9H11NO3/c1-2-12-9(11)6-7(10)8-4-3-5-13-8/h3-6H,2,10H2,1H3. The number of hydrogen-bond acceptors (Lipinski definition) is 4. The van der Waals surface area contributed by atoms with Crippen LogP contribution in [-0.2, 0) is 9.53 Å². The zero-order valence-electron chi connectivity index (χ0n) is 7.32. The summed E-state index contributed by atoms with van der Waals surface area (Å²) in [7, 11) is 0. The normalized spacial score (nSPS) is 11.3. The van der Waals surface area contributed by atoms with Crippen LogP contribution in [-0.4, -0.2) is 12.6 Å². The molecule has 4 nitrogen and oxygen atoms in total. The lowest BCUT2D eigenvalue weighted by molar-refractivity contribution is -0.137. The van der Waals surface area contributed by atoms with E-state index in [9.17, 15) is 4.79 Å². The van der Waals surface area contributed by atoms with Crippen molar-refractivity contribution in [2.24, 2.45) is 5.73 Å². The molecule has 1 aromatic rings. The number of esters is 1. The number of carbonyl (C=O) groups excluding carboxylic acids is 1. The molecule has 0 spiro atoms. The van der Waals surface area contributed by atoms with Crippen LogP contribution in [0.25, 0.3) is 5.70 Å². The Hall–Kier alpha value is -1.71. The highest BCUT2D eigenvalue weighted by molar-refractivity contribution is 5.89. The van der Waals surface area contributed by atoms with Crippen molar-refractivity contribution >= 4 is 11.7 Å². The third-order valence-corrected chi connectivity index (χ3v) is 1.37. The molecule has 1 rings (SSSR count). The number of furan rings is 1. The summed E-state index contributed by atoms with van der Waals surface area (Å²) in [6.45, 7) is 2.07. The molecule has 0 aliphatic heterocycles. The highest BCUT2D eigenvalue weighted by Crippen LogP contribution is 2.08. The zero-order chi connectivity index (χ0) is 9.68. The highest BCUT2D eigenvalue weighted by Gasteiger charge is 2.02. The fourth-order valence-electron chi connectivity index (χ4n) is 0.825. The van der Waals surface area contributed by atoms with Crippen LogP contribution < -0.4 is 5.73 Å². The summed E-state index contributed by atoms with van der Waals surface area (Å²) in [6.07, 6.45) is 2.68. The molecule has 0 aromatic carbocycles. The van der Waals surface area contributed by atoms with Crippen molar-refractivity contribution in [3.63, 3.8) is 0 Å². The smallest absolute Gasteiger partial charge is 0.332 e. The lowest BCUT2D eigenvalue weighted by atomic mass is 10.3. The topological polar surface area (TPSA) is 65.5 Å². The Morgan fingerprint density at radius 1 is 1.77 bits per heavy atom. The van der Waals surface area contributed by atoms with Gasteiger partial charge < -0.3 is 14.9 Å². The maximum atomic E-state index is 10.9. The Morgan fingerprint density at radius 2 is 2.54 bits per heavy atom. The van der Waals surface area contributed by atoms with E-state index in [1.807, 2.05) is 0 Å². The van der Waals surface area contributed by atoms with E-state index in [1.165, 1.54) is 12.3 Å². The summed E-state index contributed by atoms with van der Waals surface area (Å²) in [5.74, 6) is 0.00412. The first-order chi connectivity index (χ1) is 6.24. The molecule has 0 bridgehead atoms. The number of ether oxygens (including phenoxy) is 1. The Balaban J connectivity index is 2.67. The number of nitrogens with two attached hydrogens (primary N) is 1. The van der Waals surface area contributed by atoms with E-state index >= 15 is 0 Å². The van der Waals surface area contributed by atoms with E-state index in [2.05, 4.69) is 4.74 Å². The number of carbonyl (C=O) groups is 1. The third kappa shape index (κ3) is 2.66. The Morgan fingerprint density at radius 3 is 3.08 bits per heavy atom. The average Bonchev–Trinajstić information content (AvgIpc) is 2.55. The SMILES string of the molecule is CCOC(=O)C=C(N)c1ccco1. The quantitative estimate of drug-likeness (QED) is 0.561. The Bertz CT molecular complexity index is 301. The molecular weight excluding hydrogens is 170 g/mol. The molecular formula is C9H11NO3. The van der Waals surface area contributed by atoms with Crippen LogP contribution in [0.4, 0.5) is 0 Å². The minimum Gasteiger partial charge on any atom is -0.463 e. The molecule has 0 saturated heterocycles. The summed E-state index contributed by atoms with van der Waals surface area (Å²) < 4.78 is 9.65. The molecule has 0 amide bonds. The van der Waals surface area contributed by atoms with Gasteiger partial charge >= 0.3 is 5.97 Å². The first-order valence-electron chi connectivity index (χ1n) is 3.92. The lowest BCUT2D eigenvalue weighted by Gasteiger charge is -1.97. The lowest BCUT2D eigenvalue weighted by Crippen LogP contribution is -2.04. The maximum absolute atomic E-state index is 10.9. The van der Waals surface area contributed by atoms with Gasteiger partial charge in [0, 0.05) is 0 Å². The van der Waals surface area contributed by atoms with Crippen LogP contribution in [0.15, 0.2) is 28.9 Å². The Labute approximate surface area is 76.0 Å². The molecule has 2 N–H and O–H groups in total. The van der Waals surface area contributed by atoms with E-state index in [4.69, 9.17) is 10.2 Å². The van der Waals surface area contributed by atoms with Crippen LogP contribution in [0.1, 0.15) is 12.7 Å².